The molecule has 3 N–H and O–H groups in total. The molecule has 1 heterocycles. The molecular weight excluding hydrogens is 308 g/mol. The average Bonchev–Trinajstić information content (AvgIpc) is 2.85. The second-order valence-electron chi connectivity index (χ2n) is 4.68. The first-order valence-electron chi connectivity index (χ1n) is 6.28. The molecule has 0 saturated heterocycles. The number of furan rings is 1. The van der Waals surface area contributed by atoms with Crippen LogP contribution in [0.5, 0.6) is 0 Å². The first-order chi connectivity index (χ1) is 9.79. The number of hydrogen-bond donors (Lipinski definition) is 2. The van der Waals surface area contributed by atoms with Gasteiger partial charge >= 0.3 is 0 Å². The van der Waals surface area contributed by atoms with Gasteiger partial charge in [-0.15, -0.1) is 0 Å². The Bertz CT molecular complexity index is 749. The van der Waals surface area contributed by atoms with Crippen LogP contribution in [0, 0.1) is 6.92 Å². The summed E-state index contributed by atoms with van der Waals surface area (Å²) >= 11 is 4.84. The van der Waals surface area contributed by atoms with E-state index in [0.29, 0.717) is 11.3 Å². The summed E-state index contributed by atoms with van der Waals surface area (Å²) in [5.74, 6) is 1.30. The number of benzene rings is 1. The molecule has 2 rings (SSSR count). The van der Waals surface area contributed by atoms with Gasteiger partial charge in [-0.25, -0.2) is 13.1 Å². The lowest BCUT2D eigenvalue weighted by molar-refractivity contribution is 0.441. The Morgan fingerprint density at radius 1 is 1.24 bits per heavy atom. The highest BCUT2D eigenvalue weighted by molar-refractivity contribution is 7.89. The van der Waals surface area contributed by atoms with Crippen molar-refractivity contribution in [2.45, 2.75) is 24.8 Å². The van der Waals surface area contributed by atoms with Crippen LogP contribution in [0.2, 0.25) is 0 Å². The van der Waals surface area contributed by atoms with Crippen molar-refractivity contribution in [3.63, 3.8) is 0 Å². The van der Waals surface area contributed by atoms with Gasteiger partial charge in [0.15, 0.2) is 0 Å². The second-order valence-corrected chi connectivity index (χ2v) is 6.83. The normalized spacial score (nSPS) is 13.0. The number of rotatable bonds is 5. The predicted octanol–water partition coefficient (Wildman–Crippen LogP) is 2.26. The molecule has 0 aliphatic carbocycles. The predicted molar refractivity (Wildman–Crippen MR) is 84.5 cm³/mol. The van der Waals surface area contributed by atoms with E-state index in [2.05, 4.69) is 4.72 Å². The van der Waals surface area contributed by atoms with Crippen molar-refractivity contribution in [3.05, 3.63) is 53.5 Å². The van der Waals surface area contributed by atoms with Gasteiger partial charge in [-0.3, -0.25) is 0 Å². The van der Waals surface area contributed by atoms with Crippen molar-refractivity contribution >= 4 is 27.2 Å². The van der Waals surface area contributed by atoms with E-state index >= 15 is 0 Å². The maximum absolute atomic E-state index is 12.3. The van der Waals surface area contributed by atoms with Gasteiger partial charge in [-0.1, -0.05) is 24.4 Å². The Kier molecular flexibility index (Phi) is 4.46. The Labute approximate surface area is 129 Å². The third kappa shape index (κ3) is 3.69. The molecule has 112 valence electrons. The van der Waals surface area contributed by atoms with Crippen LogP contribution in [0.3, 0.4) is 0 Å². The SMILES string of the molecule is Cc1ccc(C(C)NS(=O)(=O)c2ccc(C(N)=S)cc2)o1. The highest BCUT2D eigenvalue weighted by Gasteiger charge is 2.20. The van der Waals surface area contributed by atoms with Crippen molar-refractivity contribution in [2.24, 2.45) is 5.73 Å². The van der Waals surface area contributed by atoms with Crippen LogP contribution in [0.25, 0.3) is 0 Å². The molecule has 1 atom stereocenters. The Balaban J connectivity index is 2.19. The van der Waals surface area contributed by atoms with Crippen LogP contribution >= 0.6 is 12.2 Å². The molecule has 2 aromatic rings. The monoisotopic (exact) mass is 324 g/mol. The summed E-state index contributed by atoms with van der Waals surface area (Å²) in [6, 6.07) is 9.18. The lowest BCUT2D eigenvalue weighted by atomic mass is 10.2. The van der Waals surface area contributed by atoms with Gasteiger partial charge in [0, 0.05) is 5.56 Å². The molecule has 7 heteroatoms. The average molecular weight is 324 g/mol. The molecule has 0 radical (unpaired) electrons. The van der Waals surface area contributed by atoms with Crippen LogP contribution in [-0.4, -0.2) is 13.4 Å². The summed E-state index contributed by atoms with van der Waals surface area (Å²) in [5.41, 5.74) is 6.11. The summed E-state index contributed by atoms with van der Waals surface area (Å²) in [7, 11) is -3.63. The van der Waals surface area contributed by atoms with Crippen LogP contribution in [0.1, 0.15) is 30.0 Å². The molecule has 0 aliphatic heterocycles. The van der Waals surface area contributed by atoms with Crippen molar-refractivity contribution in [1.82, 2.24) is 4.72 Å². The fourth-order valence-electron chi connectivity index (χ4n) is 1.84. The fourth-order valence-corrected chi connectivity index (χ4v) is 3.19. The van der Waals surface area contributed by atoms with Gasteiger partial charge in [-0.05, 0) is 38.1 Å². The molecule has 5 nitrogen and oxygen atoms in total. The molecule has 1 aromatic heterocycles. The van der Waals surface area contributed by atoms with Crippen molar-refractivity contribution < 1.29 is 12.8 Å². The van der Waals surface area contributed by atoms with Crippen LogP contribution in [0.4, 0.5) is 0 Å². The summed E-state index contributed by atoms with van der Waals surface area (Å²) in [5, 5.41) is 0. The summed E-state index contributed by atoms with van der Waals surface area (Å²) < 4.78 is 32.6. The number of nitrogens with one attached hydrogen (secondary N) is 1. The van der Waals surface area contributed by atoms with Crippen LogP contribution in [0.15, 0.2) is 45.7 Å². The van der Waals surface area contributed by atoms with E-state index in [1.54, 1.807) is 38.1 Å². The second kappa shape index (κ2) is 5.97. The third-order valence-corrected chi connectivity index (χ3v) is 4.76. The van der Waals surface area contributed by atoms with Gasteiger partial charge in [0.2, 0.25) is 10.0 Å². The highest BCUT2D eigenvalue weighted by atomic mass is 32.2. The molecule has 0 bridgehead atoms. The molecule has 0 spiro atoms. The van der Waals surface area contributed by atoms with E-state index in [-0.39, 0.29) is 9.88 Å². The maximum Gasteiger partial charge on any atom is 0.241 e. The van der Waals surface area contributed by atoms with E-state index in [4.69, 9.17) is 22.4 Å². The molecule has 21 heavy (non-hydrogen) atoms. The zero-order valence-electron chi connectivity index (χ0n) is 11.7. The van der Waals surface area contributed by atoms with Crippen molar-refractivity contribution in [3.8, 4) is 0 Å². The minimum Gasteiger partial charge on any atom is -0.465 e. The number of hydrogen-bond acceptors (Lipinski definition) is 4. The minimum absolute atomic E-state index is 0.151. The third-order valence-electron chi connectivity index (χ3n) is 2.97. The standard InChI is InChI=1S/C14H16N2O3S2/c1-9-3-8-13(19-9)10(2)16-21(17,18)12-6-4-11(5-7-12)14(15)20/h3-8,10,16H,1-2H3,(H2,15,20). The lowest BCUT2D eigenvalue weighted by Gasteiger charge is -2.12. The van der Waals surface area contributed by atoms with Gasteiger partial charge in [0.05, 0.1) is 10.9 Å². The van der Waals surface area contributed by atoms with Gasteiger partial charge in [0.1, 0.15) is 16.5 Å². The van der Waals surface area contributed by atoms with E-state index in [1.807, 2.05) is 0 Å². The van der Waals surface area contributed by atoms with Crippen molar-refractivity contribution in [2.75, 3.05) is 0 Å². The van der Waals surface area contributed by atoms with Gasteiger partial charge in [-0.2, -0.15) is 0 Å². The smallest absolute Gasteiger partial charge is 0.241 e. The number of sulfonamides is 1. The van der Waals surface area contributed by atoms with Crippen LogP contribution in [-0.2, 0) is 10.0 Å². The fraction of sp³-hybridized carbons (Fsp3) is 0.214. The minimum atomic E-state index is -3.63. The molecule has 0 fully saturated rings. The lowest BCUT2D eigenvalue weighted by Crippen LogP contribution is -2.26. The van der Waals surface area contributed by atoms with Crippen LogP contribution < -0.4 is 10.5 Å². The zero-order valence-corrected chi connectivity index (χ0v) is 13.3. The summed E-state index contributed by atoms with van der Waals surface area (Å²) in [4.78, 5) is 0.379. The first kappa shape index (κ1) is 15.7. The van der Waals surface area contributed by atoms with E-state index < -0.39 is 16.1 Å². The van der Waals surface area contributed by atoms with Gasteiger partial charge in [0.25, 0.3) is 0 Å². The highest BCUT2D eigenvalue weighted by Crippen LogP contribution is 2.19. The summed E-state index contributed by atoms with van der Waals surface area (Å²) in [6.45, 7) is 3.53. The molecule has 1 aromatic carbocycles. The maximum atomic E-state index is 12.3. The molecular formula is C14H16N2O3S2. The topological polar surface area (TPSA) is 85.3 Å². The number of nitrogens with two attached hydrogens (primary N) is 1. The zero-order chi connectivity index (χ0) is 15.6. The molecule has 1 unspecified atom stereocenters. The summed E-state index contributed by atoms with van der Waals surface area (Å²) in [6.07, 6.45) is 0. The Morgan fingerprint density at radius 2 is 1.86 bits per heavy atom. The Morgan fingerprint density at radius 3 is 2.33 bits per heavy atom. The molecule has 0 amide bonds. The van der Waals surface area contributed by atoms with Crippen molar-refractivity contribution in [1.29, 1.82) is 0 Å². The molecule has 0 aliphatic rings. The number of aryl methyl sites for hydroxylation is 1. The quantitative estimate of drug-likeness (QED) is 0.824. The largest absolute Gasteiger partial charge is 0.465 e. The van der Waals surface area contributed by atoms with E-state index in [0.717, 1.165) is 5.76 Å². The molecule has 0 saturated carbocycles. The van der Waals surface area contributed by atoms with E-state index in [1.165, 1.54) is 12.1 Å². The first-order valence-corrected chi connectivity index (χ1v) is 8.17. The van der Waals surface area contributed by atoms with Gasteiger partial charge < -0.3 is 10.2 Å². The Hall–Kier alpha value is -1.70. The number of thiocarbonyl (C=S) groups is 1. The van der Waals surface area contributed by atoms with E-state index in [9.17, 15) is 8.42 Å².